The minimum atomic E-state index is -3.81. The molecule has 0 bridgehead atoms. The highest BCUT2D eigenvalue weighted by Crippen LogP contribution is 2.15. The molecule has 0 fully saturated rings. The van der Waals surface area contributed by atoms with E-state index in [0.29, 0.717) is 0 Å². The minimum absolute atomic E-state index is 0.0480. The standard InChI is InChI=1S/C13H19F2N3O3S/c1-17(9-12(14)15)6-7-18(2)22(20,21)11-5-3-4-10(8-11)13(16)19/h3-5,8,12H,6-7,9H2,1-2H3,(H2,16,19). The first-order valence-electron chi connectivity index (χ1n) is 6.47. The third-order valence-corrected chi connectivity index (χ3v) is 4.93. The zero-order chi connectivity index (χ0) is 16.9. The van der Waals surface area contributed by atoms with Gasteiger partial charge in [0.05, 0.1) is 11.4 Å². The van der Waals surface area contributed by atoms with Gasteiger partial charge in [-0.2, -0.15) is 4.31 Å². The first-order valence-corrected chi connectivity index (χ1v) is 7.91. The topological polar surface area (TPSA) is 83.7 Å². The molecule has 0 saturated heterocycles. The van der Waals surface area contributed by atoms with Crippen LogP contribution >= 0.6 is 0 Å². The Morgan fingerprint density at radius 2 is 1.91 bits per heavy atom. The third-order valence-electron chi connectivity index (χ3n) is 3.07. The number of alkyl halides is 2. The lowest BCUT2D eigenvalue weighted by molar-refractivity contribution is 0.0988. The molecule has 0 atom stereocenters. The number of halogens is 2. The number of nitrogens with two attached hydrogens (primary N) is 1. The van der Waals surface area contributed by atoms with Crippen molar-refractivity contribution >= 4 is 15.9 Å². The zero-order valence-corrected chi connectivity index (χ0v) is 13.2. The van der Waals surface area contributed by atoms with Crippen molar-refractivity contribution in [2.45, 2.75) is 11.3 Å². The number of rotatable bonds is 8. The first-order chi connectivity index (χ1) is 10.1. The SMILES string of the molecule is CN(CCN(C)S(=O)(=O)c1cccc(C(N)=O)c1)CC(F)F. The highest BCUT2D eigenvalue weighted by molar-refractivity contribution is 7.89. The molecule has 2 N–H and O–H groups in total. The summed E-state index contributed by atoms with van der Waals surface area (Å²) in [6.45, 7) is -0.215. The Labute approximate surface area is 128 Å². The lowest BCUT2D eigenvalue weighted by Gasteiger charge is -2.21. The van der Waals surface area contributed by atoms with Gasteiger partial charge in [0, 0.05) is 25.7 Å². The average molecular weight is 335 g/mol. The Bertz CT molecular complexity index is 623. The molecule has 1 amide bonds. The smallest absolute Gasteiger partial charge is 0.251 e. The van der Waals surface area contributed by atoms with Crippen molar-refractivity contribution in [1.82, 2.24) is 9.21 Å². The molecule has 0 aromatic heterocycles. The fourth-order valence-electron chi connectivity index (χ4n) is 1.75. The van der Waals surface area contributed by atoms with Crippen LogP contribution in [0.3, 0.4) is 0 Å². The second-order valence-electron chi connectivity index (χ2n) is 4.87. The van der Waals surface area contributed by atoms with E-state index in [4.69, 9.17) is 5.73 Å². The summed E-state index contributed by atoms with van der Waals surface area (Å²) in [5.74, 6) is -0.726. The van der Waals surface area contributed by atoms with Crippen LogP contribution in [0.25, 0.3) is 0 Å². The maximum Gasteiger partial charge on any atom is 0.251 e. The van der Waals surface area contributed by atoms with Crippen molar-refractivity contribution in [2.75, 3.05) is 33.7 Å². The second-order valence-corrected chi connectivity index (χ2v) is 6.92. The summed E-state index contributed by atoms with van der Waals surface area (Å²) in [5.41, 5.74) is 5.21. The van der Waals surface area contributed by atoms with E-state index in [1.165, 1.54) is 43.3 Å². The van der Waals surface area contributed by atoms with Crippen LogP contribution in [0.4, 0.5) is 8.78 Å². The van der Waals surface area contributed by atoms with Gasteiger partial charge < -0.3 is 5.73 Å². The van der Waals surface area contributed by atoms with Crippen molar-refractivity contribution in [2.24, 2.45) is 5.73 Å². The molecular formula is C13H19F2N3O3S. The van der Waals surface area contributed by atoms with E-state index in [-0.39, 0.29) is 23.5 Å². The number of hydrogen-bond donors (Lipinski definition) is 1. The molecule has 9 heteroatoms. The summed E-state index contributed by atoms with van der Waals surface area (Å²) < 4.78 is 50.2. The Hall–Kier alpha value is -1.58. The molecule has 0 aliphatic carbocycles. The molecule has 22 heavy (non-hydrogen) atoms. The Kier molecular flexibility index (Phi) is 6.39. The number of hydrogen-bond acceptors (Lipinski definition) is 4. The van der Waals surface area contributed by atoms with E-state index in [2.05, 4.69) is 0 Å². The van der Waals surface area contributed by atoms with Gasteiger partial charge in [-0.1, -0.05) is 6.07 Å². The average Bonchev–Trinajstić information content (AvgIpc) is 2.44. The Balaban J connectivity index is 2.81. The predicted molar refractivity (Wildman–Crippen MR) is 78.3 cm³/mol. The number of carbonyl (C=O) groups excluding carboxylic acids is 1. The molecule has 6 nitrogen and oxygen atoms in total. The monoisotopic (exact) mass is 335 g/mol. The van der Waals surface area contributed by atoms with E-state index >= 15 is 0 Å². The summed E-state index contributed by atoms with van der Waals surface area (Å²) in [7, 11) is -0.972. The fraction of sp³-hybridized carbons (Fsp3) is 0.462. The quantitative estimate of drug-likeness (QED) is 0.754. The minimum Gasteiger partial charge on any atom is -0.366 e. The number of likely N-dealkylation sites (N-methyl/N-ethyl adjacent to an activating group) is 2. The van der Waals surface area contributed by atoms with Crippen LogP contribution in [0, 0.1) is 0 Å². The maximum atomic E-state index is 12.3. The fourth-order valence-corrected chi connectivity index (χ4v) is 2.96. The predicted octanol–water partition coefficient (Wildman–Crippen LogP) is 0.603. The summed E-state index contributed by atoms with van der Waals surface area (Å²) in [5, 5.41) is 0. The van der Waals surface area contributed by atoms with Gasteiger partial charge in [-0.25, -0.2) is 17.2 Å². The van der Waals surface area contributed by atoms with Gasteiger partial charge in [-0.05, 0) is 25.2 Å². The lowest BCUT2D eigenvalue weighted by atomic mass is 10.2. The number of carbonyl (C=O) groups is 1. The van der Waals surface area contributed by atoms with Gasteiger partial charge in [-0.15, -0.1) is 0 Å². The molecule has 1 aromatic carbocycles. The van der Waals surface area contributed by atoms with Crippen molar-refractivity contribution < 1.29 is 22.0 Å². The van der Waals surface area contributed by atoms with Gasteiger partial charge in [0.15, 0.2) is 0 Å². The van der Waals surface area contributed by atoms with Gasteiger partial charge in [-0.3, -0.25) is 9.69 Å². The van der Waals surface area contributed by atoms with E-state index < -0.39 is 28.9 Å². The summed E-state index contributed by atoms with van der Waals surface area (Å²) in [4.78, 5) is 12.4. The van der Waals surface area contributed by atoms with Crippen LogP contribution < -0.4 is 5.73 Å². The zero-order valence-electron chi connectivity index (χ0n) is 12.4. The van der Waals surface area contributed by atoms with E-state index in [9.17, 15) is 22.0 Å². The van der Waals surface area contributed by atoms with Crippen molar-refractivity contribution in [3.8, 4) is 0 Å². The van der Waals surface area contributed by atoms with Crippen molar-refractivity contribution in [1.29, 1.82) is 0 Å². The number of nitrogens with zero attached hydrogens (tertiary/aromatic N) is 2. The second kappa shape index (κ2) is 7.61. The molecule has 0 aliphatic rings. The Morgan fingerprint density at radius 1 is 1.27 bits per heavy atom. The van der Waals surface area contributed by atoms with Crippen LogP contribution in [-0.2, 0) is 10.0 Å². The van der Waals surface area contributed by atoms with Gasteiger partial charge >= 0.3 is 0 Å². The lowest BCUT2D eigenvalue weighted by Crippen LogP contribution is -2.36. The molecule has 0 heterocycles. The van der Waals surface area contributed by atoms with E-state index in [0.717, 1.165) is 4.31 Å². The number of benzene rings is 1. The van der Waals surface area contributed by atoms with E-state index in [1.54, 1.807) is 0 Å². The molecule has 1 rings (SSSR count). The van der Waals surface area contributed by atoms with Gasteiger partial charge in [0.25, 0.3) is 6.43 Å². The van der Waals surface area contributed by atoms with Crippen LogP contribution in [0.2, 0.25) is 0 Å². The number of sulfonamides is 1. The largest absolute Gasteiger partial charge is 0.366 e. The molecule has 0 unspecified atom stereocenters. The molecule has 0 saturated carbocycles. The Morgan fingerprint density at radius 3 is 2.45 bits per heavy atom. The molecule has 0 radical (unpaired) electrons. The summed E-state index contributed by atoms with van der Waals surface area (Å²) in [6, 6.07) is 5.37. The maximum absolute atomic E-state index is 12.3. The van der Waals surface area contributed by atoms with Crippen molar-refractivity contribution in [3.05, 3.63) is 29.8 Å². The summed E-state index contributed by atoms with van der Waals surface area (Å²) in [6.07, 6.45) is -2.47. The van der Waals surface area contributed by atoms with Crippen LogP contribution in [0.15, 0.2) is 29.2 Å². The van der Waals surface area contributed by atoms with Crippen LogP contribution in [0.5, 0.6) is 0 Å². The molecule has 0 spiro atoms. The van der Waals surface area contributed by atoms with Crippen molar-refractivity contribution in [3.63, 3.8) is 0 Å². The number of amides is 1. The van der Waals surface area contributed by atoms with Gasteiger partial charge in [0.1, 0.15) is 0 Å². The van der Waals surface area contributed by atoms with Gasteiger partial charge in [0.2, 0.25) is 15.9 Å². The highest BCUT2D eigenvalue weighted by atomic mass is 32.2. The molecule has 124 valence electrons. The summed E-state index contributed by atoms with van der Waals surface area (Å²) >= 11 is 0. The first kappa shape index (κ1) is 18.5. The molecule has 0 aliphatic heterocycles. The van der Waals surface area contributed by atoms with Crippen LogP contribution in [-0.4, -0.2) is 63.7 Å². The molecule has 1 aromatic rings. The van der Waals surface area contributed by atoms with Crippen LogP contribution in [0.1, 0.15) is 10.4 Å². The normalized spacial score (nSPS) is 12.3. The molecular weight excluding hydrogens is 316 g/mol. The highest BCUT2D eigenvalue weighted by Gasteiger charge is 2.22. The van der Waals surface area contributed by atoms with E-state index in [1.807, 2.05) is 0 Å². The third kappa shape index (κ3) is 5.00. The number of primary amides is 1.